The van der Waals surface area contributed by atoms with Crippen molar-refractivity contribution in [3.63, 3.8) is 0 Å². The minimum absolute atomic E-state index is 0.187. The van der Waals surface area contributed by atoms with E-state index in [4.69, 9.17) is 0 Å². The Bertz CT molecular complexity index is 754. The lowest BCUT2D eigenvalue weighted by atomic mass is 10.1. The van der Waals surface area contributed by atoms with Crippen LogP contribution in [-0.2, 0) is 20.0 Å². The van der Waals surface area contributed by atoms with Crippen LogP contribution >= 0.6 is 15.9 Å². The summed E-state index contributed by atoms with van der Waals surface area (Å²) in [6.45, 7) is 7.99. The first-order valence-corrected chi connectivity index (χ1v) is 9.16. The number of nitrogens with one attached hydrogen (secondary N) is 2. The van der Waals surface area contributed by atoms with Gasteiger partial charge in [-0.15, -0.1) is 0 Å². The Kier molecular flexibility index (Phi) is 6.99. The van der Waals surface area contributed by atoms with E-state index < -0.39 is 0 Å². The summed E-state index contributed by atoms with van der Waals surface area (Å²) in [5.41, 5.74) is 3.93. The topological polar surface area (TPSA) is 54.2 Å². The quantitative estimate of drug-likeness (QED) is 0.568. The van der Waals surface area contributed by atoms with Crippen molar-refractivity contribution in [3.05, 3.63) is 51.0 Å². The fourth-order valence-electron chi connectivity index (χ4n) is 2.60. The van der Waals surface area contributed by atoms with Gasteiger partial charge in [0.25, 0.3) is 0 Å². The van der Waals surface area contributed by atoms with Crippen LogP contribution in [0.2, 0.25) is 0 Å². The average molecular weight is 410 g/mol. The Morgan fingerprint density at radius 1 is 1.32 bits per heavy atom. The zero-order valence-electron chi connectivity index (χ0n) is 15.2. The number of aliphatic imine (C=N–C) groups is 1. The summed E-state index contributed by atoms with van der Waals surface area (Å²) >= 11 is 3.38. The van der Waals surface area contributed by atoms with E-state index in [1.54, 1.807) is 6.07 Å². The molecule has 5 nitrogen and oxygen atoms in total. The predicted molar refractivity (Wildman–Crippen MR) is 103 cm³/mol. The second-order valence-electron chi connectivity index (χ2n) is 5.88. The average Bonchev–Trinajstić information content (AvgIpc) is 2.81. The summed E-state index contributed by atoms with van der Waals surface area (Å²) in [4.78, 5) is 4.63. The molecular formula is C18H25BrFN5. The van der Waals surface area contributed by atoms with Crippen molar-refractivity contribution in [1.29, 1.82) is 0 Å². The van der Waals surface area contributed by atoms with Crippen molar-refractivity contribution in [3.8, 4) is 0 Å². The van der Waals surface area contributed by atoms with E-state index >= 15 is 0 Å². The van der Waals surface area contributed by atoms with E-state index in [1.807, 2.05) is 38.6 Å². The molecule has 2 rings (SSSR count). The Hall–Kier alpha value is -1.89. The zero-order valence-corrected chi connectivity index (χ0v) is 16.7. The van der Waals surface area contributed by atoms with E-state index in [2.05, 4.69) is 36.7 Å². The molecule has 2 aromatic rings. The lowest BCUT2D eigenvalue weighted by molar-refractivity contribution is 0.606. The van der Waals surface area contributed by atoms with Crippen LogP contribution in [0.25, 0.3) is 0 Å². The molecule has 2 N–H and O–H groups in total. The molecule has 0 saturated heterocycles. The molecule has 7 heteroatoms. The Morgan fingerprint density at radius 2 is 2.08 bits per heavy atom. The van der Waals surface area contributed by atoms with Gasteiger partial charge in [-0.3, -0.25) is 4.68 Å². The number of benzene rings is 1. The van der Waals surface area contributed by atoms with E-state index in [0.717, 1.165) is 33.9 Å². The lowest BCUT2D eigenvalue weighted by Crippen LogP contribution is -2.38. The SMILES string of the molecule is CCNC(=NCc1c(C)nn(C)c1C)NCCc1cc(Br)ccc1F. The monoisotopic (exact) mass is 409 g/mol. The van der Waals surface area contributed by atoms with Gasteiger partial charge in [-0.25, -0.2) is 9.38 Å². The van der Waals surface area contributed by atoms with Crippen LogP contribution in [0.15, 0.2) is 27.7 Å². The molecule has 0 fully saturated rings. The molecule has 25 heavy (non-hydrogen) atoms. The molecule has 0 aliphatic carbocycles. The van der Waals surface area contributed by atoms with Crippen LogP contribution < -0.4 is 10.6 Å². The van der Waals surface area contributed by atoms with Crippen LogP contribution in [0.5, 0.6) is 0 Å². The lowest BCUT2D eigenvalue weighted by Gasteiger charge is -2.12. The number of nitrogens with zero attached hydrogens (tertiary/aromatic N) is 3. The van der Waals surface area contributed by atoms with Crippen molar-refractivity contribution in [2.45, 2.75) is 33.7 Å². The molecule has 0 atom stereocenters. The molecule has 0 bridgehead atoms. The smallest absolute Gasteiger partial charge is 0.191 e. The molecule has 0 saturated carbocycles. The van der Waals surface area contributed by atoms with Gasteiger partial charge in [0.05, 0.1) is 12.2 Å². The maximum atomic E-state index is 13.8. The highest BCUT2D eigenvalue weighted by atomic mass is 79.9. The van der Waals surface area contributed by atoms with Gasteiger partial charge in [0.1, 0.15) is 5.82 Å². The molecule has 0 aliphatic rings. The maximum absolute atomic E-state index is 13.8. The first-order chi connectivity index (χ1) is 11.9. The van der Waals surface area contributed by atoms with Gasteiger partial charge < -0.3 is 10.6 Å². The van der Waals surface area contributed by atoms with Crippen LogP contribution in [0, 0.1) is 19.7 Å². The first-order valence-electron chi connectivity index (χ1n) is 8.37. The Labute approximate surface area is 156 Å². The van der Waals surface area contributed by atoms with E-state index in [1.165, 1.54) is 6.07 Å². The molecule has 1 heterocycles. The molecular weight excluding hydrogens is 385 g/mol. The third-order valence-electron chi connectivity index (χ3n) is 4.09. The second-order valence-corrected chi connectivity index (χ2v) is 6.80. The van der Waals surface area contributed by atoms with E-state index in [-0.39, 0.29) is 5.82 Å². The minimum atomic E-state index is -0.187. The van der Waals surface area contributed by atoms with Gasteiger partial charge >= 0.3 is 0 Å². The summed E-state index contributed by atoms with van der Waals surface area (Å²) in [6.07, 6.45) is 0.584. The van der Waals surface area contributed by atoms with Crippen molar-refractivity contribution in [2.24, 2.45) is 12.0 Å². The fraction of sp³-hybridized carbons (Fsp3) is 0.444. The number of aryl methyl sites for hydroxylation is 2. The molecule has 1 aromatic heterocycles. The molecule has 0 radical (unpaired) electrons. The standard InChI is InChI=1S/C18H25BrFN5/c1-5-21-18(23-11-16-12(2)24-25(4)13(16)3)22-9-8-14-10-15(19)6-7-17(14)20/h6-7,10H,5,8-9,11H2,1-4H3,(H2,21,22,23). The third kappa shape index (κ3) is 5.29. The predicted octanol–water partition coefficient (Wildman–Crippen LogP) is 3.24. The minimum Gasteiger partial charge on any atom is -0.357 e. The molecule has 0 amide bonds. The Morgan fingerprint density at radius 3 is 2.72 bits per heavy atom. The van der Waals surface area contributed by atoms with E-state index in [9.17, 15) is 4.39 Å². The van der Waals surface area contributed by atoms with Crippen molar-refractivity contribution >= 4 is 21.9 Å². The summed E-state index contributed by atoms with van der Waals surface area (Å²) < 4.78 is 16.6. The third-order valence-corrected chi connectivity index (χ3v) is 4.59. The second kappa shape index (κ2) is 8.99. The van der Waals surface area contributed by atoms with Crippen molar-refractivity contribution in [1.82, 2.24) is 20.4 Å². The van der Waals surface area contributed by atoms with Crippen LogP contribution in [0.4, 0.5) is 4.39 Å². The van der Waals surface area contributed by atoms with Crippen molar-refractivity contribution < 1.29 is 4.39 Å². The van der Waals surface area contributed by atoms with Gasteiger partial charge in [0.2, 0.25) is 0 Å². The van der Waals surface area contributed by atoms with Gasteiger partial charge in [-0.2, -0.15) is 5.10 Å². The number of guanidine groups is 1. The highest BCUT2D eigenvalue weighted by Crippen LogP contribution is 2.16. The molecule has 0 unspecified atom stereocenters. The molecule has 0 aliphatic heterocycles. The largest absolute Gasteiger partial charge is 0.357 e. The molecule has 1 aromatic carbocycles. The number of hydrogen-bond donors (Lipinski definition) is 2. The normalized spacial score (nSPS) is 11.7. The summed E-state index contributed by atoms with van der Waals surface area (Å²) in [5, 5.41) is 10.9. The van der Waals surface area contributed by atoms with Gasteiger partial charge in [-0.05, 0) is 51.0 Å². The number of hydrogen-bond acceptors (Lipinski definition) is 2. The van der Waals surface area contributed by atoms with Crippen molar-refractivity contribution in [2.75, 3.05) is 13.1 Å². The Balaban J connectivity index is 1.99. The highest BCUT2D eigenvalue weighted by Gasteiger charge is 2.09. The molecule has 136 valence electrons. The summed E-state index contributed by atoms with van der Waals surface area (Å²) in [6, 6.07) is 4.99. The molecule has 0 spiro atoms. The first kappa shape index (κ1) is 19.4. The van der Waals surface area contributed by atoms with Gasteiger partial charge in [0, 0.05) is 35.9 Å². The van der Waals surface area contributed by atoms with Gasteiger partial charge in [0.15, 0.2) is 5.96 Å². The van der Waals surface area contributed by atoms with E-state index in [0.29, 0.717) is 25.1 Å². The van der Waals surface area contributed by atoms with Crippen LogP contribution in [-0.4, -0.2) is 28.8 Å². The zero-order chi connectivity index (χ0) is 18.4. The summed E-state index contributed by atoms with van der Waals surface area (Å²) in [5.74, 6) is 0.536. The number of aromatic nitrogens is 2. The number of rotatable bonds is 6. The maximum Gasteiger partial charge on any atom is 0.191 e. The number of halogens is 2. The van der Waals surface area contributed by atoms with Crippen LogP contribution in [0.3, 0.4) is 0 Å². The summed E-state index contributed by atoms with van der Waals surface area (Å²) in [7, 11) is 1.94. The highest BCUT2D eigenvalue weighted by molar-refractivity contribution is 9.10. The van der Waals surface area contributed by atoms with Gasteiger partial charge in [-0.1, -0.05) is 15.9 Å². The fourth-order valence-corrected chi connectivity index (χ4v) is 3.01. The van der Waals surface area contributed by atoms with Crippen LogP contribution in [0.1, 0.15) is 29.4 Å².